The molecule has 0 atom stereocenters. The van der Waals surface area contributed by atoms with Crippen LogP contribution in [0.3, 0.4) is 0 Å². The molecule has 116 valence electrons. The molecule has 1 aliphatic heterocycles. The molecule has 0 aliphatic carbocycles. The van der Waals surface area contributed by atoms with E-state index in [2.05, 4.69) is 26.2 Å². The number of nitrogens with zero attached hydrogens (tertiary/aromatic N) is 4. The van der Waals surface area contributed by atoms with E-state index in [4.69, 9.17) is 0 Å². The lowest BCUT2D eigenvalue weighted by molar-refractivity contribution is -0.117. The average Bonchev–Trinajstić information content (AvgIpc) is 2.94. The van der Waals surface area contributed by atoms with E-state index in [0.29, 0.717) is 18.2 Å². The van der Waals surface area contributed by atoms with Crippen LogP contribution >= 0.6 is 0 Å². The minimum atomic E-state index is 0.0696. The van der Waals surface area contributed by atoms with Crippen molar-refractivity contribution in [3.05, 3.63) is 24.3 Å². The summed E-state index contributed by atoms with van der Waals surface area (Å²) in [4.78, 5) is 12.2. The third-order valence-electron chi connectivity index (χ3n) is 3.96. The highest BCUT2D eigenvalue weighted by atomic mass is 16.1. The quantitative estimate of drug-likeness (QED) is 0.886. The highest BCUT2D eigenvalue weighted by Crippen LogP contribution is 2.21. The Morgan fingerprint density at radius 2 is 2.23 bits per heavy atom. The second-order valence-corrected chi connectivity index (χ2v) is 5.65. The molecule has 7 nitrogen and oxygen atoms in total. The van der Waals surface area contributed by atoms with Crippen molar-refractivity contribution in [1.82, 2.24) is 25.5 Å². The molecule has 0 bridgehead atoms. The van der Waals surface area contributed by atoms with Gasteiger partial charge >= 0.3 is 0 Å². The molecule has 0 radical (unpaired) electrons. The summed E-state index contributed by atoms with van der Waals surface area (Å²) in [5, 5.41) is 17.7. The molecule has 1 amide bonds. The SMILES string of the molecule is Cn1nnnc1-c1cccc(NC(=O)CC2CCNCC2)c1. The molecule has 3 rings (SSSR count). The van der Waals surface area contributed by atoms with Gasteiger partial charge in [0.1, 0.15) is 0 Å². The molecular weight excluding hydrogens is 280 g/mol. The van der Waals surface area contributed by atoms with Crippen LogP contribution in [0, 0.1) is 5.92 Å². The van der Waals surface area contributed by atoms with E-state index in [-0.39, 0.29) is 5.91 Å². The predicted octanol–water partition coefficient (Wildman–Crippen LogP) is 1.21. The number of hydrogen-bond acceptors (Lipinski definition) is 5. The van der Waals surface area contributed by atoms with Crippen LogP contribution in [0.15, 0.2) is 24.3 Å². The largest absolute Gasteiger partial charge is 0.326 e. The maximum absolute atomic E-state index is 12.2. The summed E-state index contributed by atoms with van der Waals surface area (Å²) in [6.45, 7) is 2.01. The fourth-order valence-electron chi connectivity index (χ4n) is 2.77. The van der Waals surface area contributed by atoms with Crippen LogP contribution in [0.4, 0.5) is 5.69 Å². The third-order valence-corrected chi connectivity index (χ3v) is 3.96. The Kier molecular flexibility index (Phi) is 4.43. The van der Waals surface area contributed by atoms with Crippen molar-refractivity contribution in [2.45, 2.75) is 19.3 Å². The minimum absolute atomic E-state index is 0.0696. The van der Waals surface area contributed by atoms with Gasteiger partial charge in [-0.05, 0) is 54.4 Å². The first-order chi connectivity index (χ1) is 10.7. The van der Waals surface area contributed by atoms with Gasteiger partial charge < -0.3 is 10.6 Å². The number of amides is 1. The molecule has 22 heavy (non-hydrogen) atoms. The monoisotopic (exact) mass is 300 g/mol. The van der Waals surface area contributed by atoms with Crippen LogP contribution in [0.5, 0.6) is 0 Å². The first kappa shape index (κ1) is 14.6. The number of nitrogens with one attached hydrogen (secondary N) is 2. The summed E-state index contributed by atoms with van der Waals surface area (Å²) < 4.78 is 1.61. The van der Waals surface area contributed by atoms with Crippen LogP contribution < -0.4 is 10.6 Å². The number of aromatic nitrogens is 4. The van der Waals surface area contributed by atoms with Gasteiger partial charge in [0.25, 0.3) is 0 Å². The van der Waals surface area contributed by atoms with Gasteiger partial charge in [-0.1, -0.05) is 12.1 Å². The molecule has 2 N–H and O–H groups in total. The standard InChI is InChI=1S/C15H20N6O/c1-21-15(18-19-20-21)12-3-2-4-13(10-12)17-14(22)9-11-5-7-16-8-6-11/h2-4,10-11,16H,5-9H2,1H3,(H,17,22). The van der Waals surface area contributed by atoms with Crippen molar-refractivity contribution in [3.8, 4) is 11.4 Å². The zero-order valence-electron chi connectivity index (χ0n) is 12.6. The molecule has 2 aromatic rings. The normalized spacial score (nSPS) is 15.7. The average molecular weight is 300 g/mol. The van der Waals surface area contributed by atoms with E-state index >= 15 is 0 Å². The lowest BCUT2D eigenvalue weighted by Gasteiger charge is -2.21. The van der Waals surface area contributed by atoms with E-state index in [9.17, 15) is 4.79 Å². The number of aryl methyl sites for hydroxylation is 1. The summed E-state index contributed by atoms with van der Waals surface area (Å²) in [7, 11) is 1.79. The Labute approximate surface area is 129 Å². The topological polar surface area (TPSA) is 84.7 Å². The molecule has 1 saturated heterocycles. The second kappa shape index (κ2) is 6.65. The fourth-order valence-corrected chi connectivity index (χ4v) is 2.77. The van der Waals surface area contributed by atoms with Crippen molar-refractivity contribution in [3.63, 3.8) is 0 Å². The summed E-state index contributed by atoms with van der Waals surface area (Å²) in [6.07, 6.45) is 2.72. The highest BCUT2D eigenvalue weighted by molar-refractivity contribution is 5.91. The maximum atomic E-state index is 12.2. The lowest BCUT2D eigenvalue weighted by atomic mass is 9.94. The van der Waals surface area contributed by atoms with Gasteiger partial charge in [0.2, 0.25) is 5.91 Å². The van der Waals surface area contributed by atoms with Crippen molar-refractivity contribution >= 4 is 11.6 Å². The Balaban J connectivity index is 1.65. The summed E-state index contributed by atoms with van der Waals surface area (Å²) >= 11 is 0. The van der Waals surface area contributed by atoms with E-state index in [1.54, 1.807) is 11.7 Å². The van der Waals surface area contributed by atoms with Crippen LogP contribution in [-0.2, 0) is 11.8 Å². The molecule has 1 aromatic heterocycles. The summed E-state index contributed by atoms with van der Waals surface area (Å²) in [5.41, 5.74) is 1.66. The molecule has 0 spiro atoms. The van der Waals surface area contributed by atoms with Gasteiger partial charge in [0.15, 0.2) is 5.82 Å². The molecule has 0 saturated carbocycles. The number of tetrazole rings is 1. The Morgan fingerprint density at radius 1 is 1.41 bits per heavy atom. The molecule has 1 fully saturated rings. The van der Waals surface area contributed by atoms with Gasteiger partial charge in [-0.2, -0.15) is 0 Å². The van der Waals surface area contributed by atoms with Crippen molar-refractivity contribution in [2.24, 2.45) is 13.0 Å². The number of benzene rings is 1. The molecule has 0 unspecified atom stereocenters. The first-order valence-corrected chi connectivity index (χ1v) is 7.56. The van der Waals surface area contributed by atoms with E-state index < -0.39 is 0 Å². The van der Waals surface area contributed by atoms with Crippen LogP contribution in [0.1, 0.15) is 19.3 Å². The van der Waals surface area contributed by atoms with E-state index in [1.165, 1.54) is 0 Å². The van der Waals surface area contributed by atoms with Crippen molar-refractivity contribution < 1.29 is 4.79 Å². The van der Waals surface area contributed by atoms with Crippen LogP contribution in [-0.4, -0.2) is 39.2 Å². The highest BCUT2D eigenvalue weighted by Gasteiger charge is 2.17. The smallest absolute Gasteiger partial charge is 0.224 e. The number of piperidine rings is 1. The van der Waals surface area contributed by atoms with Crippen molar-refractivity contribution in [1.29, 1.82) is 0 Å². The van der Waals surface area contributed by atoms with Gasteiger partial charge in [-0.3, -0.25) is 4.79 Å². The Bertz CT molecular complexity index is 647. The maximum Gasteiger partial charge on any atom is 0.224 e. The predicted molar refractivity (Wildman–Crippen MR) is 83.1 cm³/mol. The van der Waals surface area contributed by atoms with Crippen molar-refractivity contribution in [2.75, 3.05) is 18.4 Å². The molecule has 2 heterocycles. The fraction of sp³-hybridized carbons (Fsp3) is 0.467. The van der Waals surface area contributed by atoms with E-state index in [0.717, 1.165) is 37.2 Å². The third kappa shape index (κ3) is 3.48. The van der Waals surface area contributed by atoms with Gasteiger partial charge in [-0.15, -0.1) is 5.10 Å². The Morgan fingerprint density at radius 3 is 2.95 bits per heavy atom. The summed E-state index contributed by atoms with van der Waals surface area (Å²) in [5.74, 6) is 1.22. The van der Waals surface area contributed by atoms with Gasteiger partial charge in [0, 0.05) is 24.7 Å². The van der Waals surface area contributed by atoms with Gasteiger partial charge in [-0.25, -0.2) is 4.68 Å². The van der Waals surface area contributed by atoms with Gasteiger partial charge in [0.05, 0.1) is 0 Å². The minimum Gasteiger partial charge on any atom is -0.326 e. The summed E-state index contributed by atoms with van der Waals surface area (Å²) in [6, 6.07) is 7.60. The number of carbonyl (C=O) groups excluding carboxylic acids is 1. The first-order valence-electron chi connectivity index (χ1n) is 7.56. The molecule has 1 aromatic carbocycles. The van der Waals surface area contributed by atoms with Crippen LogP contribution in [0.25, 0.3) is 11.4 Å². The molecule has 7 heteroatoms. The lowest BCUT2D eigenvalue weighted by Crippen LogP contribution is -2.30. The number of anilines is 1. The zero-order chi connectivity index (χ0) is 15.4. The number of rotatable bonds is 4. The molecular formula is C15H20N6O. The molecule has 1 aliphatic rings. The zero-order valence-corrected chi connectivity index (χ0v) is 12.6. The number of carbonyl (C=O) groups is 1. The second-order valence-electron chi connectivity index (χ2n) is 5.65. The number of hydrogen-bond donors (Lipinski definition) is 2. The van der Waals surface area contributed by atoms with Crippen LogP contribution in [0.2, 0.25) is 0 Å². The Hall–Kier alpha value is -2.28. The van der Waals surface area contributed by atoms with E-state index in [1.807, 2.05) is 24.3 Å².